The van der Waals surface area contributed by atoms with E-state index in [-0.39, 0.29) is 36.7 Å². The number of alkyl halides is 5. The maximum Gasteiger partial charge on any atom is 0.417 e. The Balaban J connectivity index is 1.15. The first-order chi connectivity index (χ1) is 21.6. The van der Waals surface area contributed by atoms with Crippen LogP contribution < -0.4 is 5.32 Å². The van der Waals surface area contributed by atoms with Gasteiger partial charge in [0.05, 0.1) is 30.5 Å². The van der Waals surface area contributed by atoms with E-state index in [0.717, 1.165) is 61.6 Å². The van der Waals surface area contributed by atoms with E-state index in [1.807, 2.05) is 10.7 Å². The van der Waals surface area contributed by atoms with Crippen molar-refractivity contribution in [3.05, 3.63) is 70.9 Å². The number of aliphatic hydroxyl groups excluding tert-OH is 1. The van der Waals surface area contributed by atoms with Gasteiger partial charge < -0.3 is 15.3 Å². The summed E-state index contributed by atoms with van der Waals surface area (Å²) in [5, 5.41) is 19.3. The second-order valence-corrected chi connectivity index (χ2v) is 13.6. The van der Waals surface area contributed by atoms with Crippen LogP contribution in [0.2, 0.25) is 0 Å². The highest BCUT2D eigenvalue weighted by Gasteiger charge is 2.38. The van der Waals surface area contributed by atoms with Gasteiger partial charge in [-0.1, -0.05) is 36.4 Å². The first-order valence-electron chi connectivity index (χ1n) is 15.7. The molecule has 1 atom stereocenters. The number of piperidine rings is 1. The summed E-state index contributed by atoms with van der Waals surface area (Å²) in [6.07, 6.45) is -2.60. The standard InChI is InChI=1S/C33H40F5N5OS/c34-32(35)11-15-42(22-32)16-17-45-30-18-25(6-7-28(30)33(36,37)38)31-27-19-39-12-8-29(27)43(40-31)21-26(44)20-41-13-9-24(10-14-41)23-4-2-1-3-5-23/h1-7,18,24,26,39,44H,8-17,19-22H2. The summed E-state index contributed by atoms with van der Waals surface area (Å²) in [6.45, 7) is 4.15. The minimum absolute atomic E-state index is 0.0666. The number of hydrogen-bond acceptors (Lipinski definition) is 6. The largest absolute Gasteiger partial charge is 0.417 e. The van der Waals surface area contributed by atoms with Crippen molar-refractivity contribution in [2.45, 2.75) is 67.8 Å². The second-order valence-electron chi connectivity index (χ2n) is 12.5. The molecule has 0 amide bonds. The van der Waals surface area contributed by atoms with Crippen molar-refractivity contribution in [1.29, 1.82) is 0 Å². The Kier molecular flexibility index (Phi) is 9.87. The molecular weight excluding hydrogens is 609 g/mol. The number of fused-ring (bicyclic) bond motifs is 1. The summed E-state index contributed by atoms with van der Waals surface area (Å²) >= 11 is 1.04. The van der Waals surface area contributed by atoms with Gasteiger partial charge in [-0.05, 0) is 49.5 Å². The number of benzene rings is 2. The molecule has 2 aromatic carbocycles. The average molecular weight is 650 g/mol. The fourth-order valence-electron chi connectivity index (χ4n) is 6.84. The smallest absolute Gasteiger partial charge is 0.390 e. The Morgan fingerprint density at radius 1 is 1.02 bits per heavy atom. The zero-order valence-corrected chi connectivity index (χ0v) is 26.0. The van der Waals surface area contributed by atoms with Crippen LogP contribution in [0.3, 0.4) is 0 Å². The first kappa shape index (κ1) is 32.4. The SMILES string of the molecule is OC(CN1CCC(c2ccccc2)CC1)Cn1nc(-c2ccc(C(F)(F)F)c(SCCN3CCC(F)(F)C3)c2)c2c1CCNC2. The Labute approximate surface area is 265 Å². The summed E-state index contributed by atoms with van der Waals surface area (Å²) in [7, 11) is 0. The van der Waals surface area contributed by atoms with E-state index in [1.165, 1.54) is 17.7 Å². The molecule has 3 aromatic rings. The molecule has 45 heavy (non-hydrogen) atoms. The number of likely N-dealkylation sites (tertiary alicyclic amines) is 2. The Morgan fingerprint density at radius 3 is 2.51 bits per heavy atom. The first-order valence-corrected chi connectivity index (χ1v) is 16.7. The summed E-state index contributed by atoms with van der Waals surface area (Å²) < 4.78 is 70.9. The lowest BCUT2D eigenvalue weighted by Crippen LogP contribution is -2.40. The van der Waals surface area contributed by atoms with E-state index in [0.29, 0.717) is 43.2 Å². The summed E-state index contributed by atoms with van der Waals surface area (Å²) in [5.74, 6) is -1.93. The molecule has 1 aromatic heterocycles. The quantitative estimate of drug-likeness (QED) is 0.211. The predicted molar refractivity (Wildman–Crippen MR) is 166 cm³/mol. The molecule has 0 saturated carbocycles. The van der Waals surface area contributed by atoms with Crippen LogP contribution in [0.25, 0.3) is 11.3 Å². The zero-order valence-electron chi connectivity index (χ0n) is 25.2. The highest BCUT2D eigenvalue weighted by molar-refractivity contribution is 7.99. The Morgan fingerprint density at radius 2 is 1.80 bits per heavy atom. The molecule has 6 rings (SSSR count). The van der Waals surface area contributed by atoms with Gasteiger partial charge in [0.1, 0.15) is 0 Å². The van der Waals surface area contributed by atoms with E-state index in [4.69, 9.17) is 5.10 Å². The van der Waals surface area contributed by atoms with Crippen molar-refractivity contribution in [1.82, 2.24) is 24.9 Å². The molecule has 0 aliphatic carbocycles. The molecule has 0 radical (unpaired) electrons. The normalized spacial score (nSPS) is 20.4. The number of nitrogens with one attached hydrogen (secondary N) is 1. The monoisotopic (exact) mass is 649 g/mol. The van der Waals surface area contributed by atoms with Gasteiger partial charge >= 0.3 is 6.18 Å². The van der Waals surface area contributed by atoms with E-state index >= 15 is 0 Å². The highest BCUT2D eigenvalue weighted by atomic mass is 32.2. The van der Waals surface area contributed by atoms with Gasteiger partial charge in [-0.15, -0.1) is 11.8 Å². The number of rotatable bonds is 10. The van der Waals surface area contributed by atoms with Crippen molar-refractivity contribution in [2.24, 2.45) is 0 Å². The van der Waals surface area contributed by atoms with Crippen LogP contribution in [0, 0.1) is 0 Å². The van der Waals surface area contributed by atoms with Crippen LogP contribution >= 0.6 is 11.8 Å². The molecule has 2 saturated heterocycles. The number of β-amino-alcohol motifs (C(OH)–C–C–N with tert-alkyl or cyclic N) is 1. The molecule has 12 heteroatoms. The number of halogens is 5. The lowest BCUT2D eigenvalue weighted by Gasteiger charge is -2.33. The Bertz CT molecular complexity index is 1440. The fourth-order valence-corrected chi connectivity index (χ4v) is 7.96. The molecule has 244 valence electrons. The molecular formula is C33H40F5N5OS. The Hall–Kier alpha value is -2.51. The molecule has 2 fully saturated rings. The summed E-state index contributed by atoms with van der Waals surface area (Å²) in [4.78, 5) is 3.97. The summed E-state index contributed by atoms with van der Waals surface area (Å²) in [5.41, 5.74) is 3.75. The predicted octanol–water partition coefficient (Wildman–Crippen LogP) is 5.89. The number of aliphatic hydroxyl groups is 1. The third-order valence-electron chi connectivity index (χ3n) is 9.19. The van der Waals surface area contributed by atoms with Crippen LogP contribution in [0.15, 0.2) is 53.4 Å². The van der Waals surface area contributed by atoms with Crippen LogP contribution in [-0.4, -0.2) is 88.3 Å². The van der Waals surface area contributed by atoms with E-state index < -0.39 is 23.8 Å². The van der Waals surface area contributed by atoms with Crippen molar-refractivity contribution in [3.8, 4) is 11.3 Å². The van der Waals surface area contributed by atoms with Crippen LogP contribution in [0.5, 0.6) is 0 Å². The number of aromatic nitrogens is 2. The van der Waals surface area contributed by atoms with Gasteiger partial charge in [-0.2, -0.15) is 18.3 Å². The third kappa shape index (κ3) is 7.90. The van der Waals surface area contributed by atoms with Gasteiger partial charge in [-0.3, -0.25) is 9.58 Å². The van der Waals surface area contributed by atoms with Gasteiger partial charge in [-0.25, -0.2) is 8.78 Å². The minimum atomic E-state index is -4.54. The fraction of sp³-hybridized carbons (Fsp3) is 0.545. The molecule has 1 unspecified atom stereocenters. The lowest BCUT2D eigenvalue weighted by atomic mass is 9.89. The molecule has 0 bridgehead atoms. The van der Waals surface area contributed by atoms with Crippen molar-refractivity contribution < 1.29 is 27.1 Å². The average Bonchev–Trinajstić information content (AvgIpc) is 3.56. The van der Waals surface area contributed by atoms with E-state index in [1.54, 1.807) is 4.90 Å². The van der Waals surface area contributed by atoms with Crippen molar-refractivity contribution in [2.75, 3.05) is 51.6 Å². The van der Waals surface area contributed by atoms with Crippen molar-refractivity contribution >= 4 is 11.8 Å². The van der Waals surface area contributed by atoms with E-state index in [9.17, 15) is 27.1 Å². The molecule has 3 aliphatic heterocycles. The zero-order chi connectivity index (χ0) is 31.6. The van der Waals surface area contributed by atoms with Gasteiger partial charge in [0.2, 0.25) is 0 Å². The molecule has 0 spiro atoms. The number of hydrogen-bond donors (Lipinski definition) is 2. The van der Waals surface area contributed by atoms with Crippen LogP contribution in [0.4, 0.5) is 22.0 Å². The molecule has 3 aliphatic rings. The maximum atomic E-state index is 13.9. The van der Waals surface area contributed by atoms with Gasteiger partial charge in [0, 0.05) is 73.0 Å². The highest BCUT2D eigenvalue weighted by Crippen LogP contribution is 2.40. The number of nitrogens with zero attached hydrogens (tertiary/aromatic N) is 4. The van der Waals surface area contributed by atoms with Crippen LogP contribution in [0.1, 0.15) is 47.6 Å². The van der Waals surface area contributed by atoms with Gasteiger partial charge in [0.15, 0.2) is 0 Å². The molecule has 2 N–H and O–H groups in total. The molecule has 4 heterocycles. The topological polar surface area (TPSA) is 56.6 Å². The third-order valence-corrected chi connectivity index (χ3v) is 10.2. The van der Waals surface area contributed by atoms with Crippen molar-refractivity contribution in [3.63, 3.8) is 0 Å². The lowest BCUT2D eigenvalue weighted by molar-refractivity contribution is -0.139. The van der Waals surface area contributed by atoms with Crippen LogP contribution in [-0.2, 0) is 25.7 Å². The molecule has 6 nitrogen and oxygen atoms in total. The minimum Gasteiger partial charge on any atom is -0.390 e. The van der Waals surface area contributed by atoms with Gasteiger partial charge in [0.25, 0.3) is 5.92 Å². The second kappa shape index (κ2) is 13.7. The maximum absolute atomic E-state index is 13.9. The summed E-state index contributed by atoms with van der Waals surface area (Å²) in [6, 6.07) is 14.6. The number of thioether (sulfide) groups is 1. The van der Waals surface area contributed by atoms with E-state index in [2.05, 4.69) is 34.5 Å².